The number of carbonyl (C=O) groups is 2. The maximum absolute atomic E-state index is 11.7. The van der Waals surface area contributed by atoms with Crippen molar-refractivity contribution >= 4 is 11.8 Å². The molecule has 1 aliphatic carbocycles. The monoisotopic (exact) mass is 253 g/mol. The number of likely N-dealkylation sites (tertiary alicyclic amines) is 1. The van der Waals surface area contributed by atoms with Crippen molar-refractivity contribution in [3.8, 4) is 0 Å². The Labute approximate surface area is 108 Å². The van der Waals surface area contributed by atoms with Gasteiger partial charge in [-0.1, -0.05) is 12.8 Å². The number of likely N-dealkylation sites (N-methyl/N-ethyl adjacent to an activating group) is 2. The Balaban J connectivity index is 1.69. The van der Waals surface area contributed by atoms with E-state index in [1.807, 2.05) is 0 Å². The molecule has 0 spiro atoms. The molecule has 1 saturated heterocycles. The minimum atomic E-state index is -0.306. The summed E-state index contributed by atoms with van der Waals surface area (Å²) in [6.45, 7) is 1.71. The average Bonchev–Trinajstić information content (AvgIpc) is 2.95. The summed E-state index contributed by atoms with van der Waals surface area (Å²) in [6.07, 6.45) is 5.56. The minimum absolute atomic E-state index is 0.0818. The zero-order valence-corrected chi connectivity index (χ0v) is 11.3. The molecule has 2 fully saturated rings. The van der Waals surface area contributed by atoms with Crippen LogP contribution in [0, 0.1) is 0 Å². The normalized spacial score (nSPS) is 25.7. The predicted octanol–water partition coefficient (Wildman–Crippen LogP) is 0.208. The van der Waals surface area contributed by atoms with E-state index in [0.29, 0.717) is 12.5 Å². The van der Waals surface area contributed by atoms with Crippen molar-refractivity contribution in [2.24, 2.45) is 0 Å². The third kappa shape index (κ3) is 2.90. The fourth-order valence-corrected chi connectivity index (χ4v) is 2.86. The molecule has 1 unspecified atom stereocenters. The standard InChI is InChI=1S/C13H23N3O2/c1-15(10-5-3-4-6-10)8-7-14-11-9-12(17)16(2)13(11)18/h10-11,14H,3-9H2,1-2H3. The first-order valence-electron chi connectivity index (χ1n) is 6.83. The Morgan fingerprint density at radius 3 is 2.56 bits per heavy atom. The first kappa shape index (κ1) is 13.5. The molecule has 102 valence electrons. The van der Waals surface area contributed by atoms with E-state index >= 15 is 0 Å². The summed E-state index contributed by atoms with van der Waals surface area (Å²) in [5.41, 5.74) is 0. The van der Waals surface area contributed by atoms with Crippen LogP contribution in [0.15, 0.2) is 0 Å². The highest BCUT2D eigenvalue weighted by atomic mass is 16.2. The first-order valence-corrected chi connectivity index (χ1v) is 6.83. The summed E-state index contributed by atoms with van der Waals surface area (Å²) in [5.74, 6) is -0.176. The molecule has 18 heavy (non-hydrogen) atoms. The van der Waals surface area contributed by atoms with Gasteiger partial charge in [-0.3, -0.25) is 14.5 Å². The van der Waals surface area contributed by atoms with Gasteiger partial charge in [0.25, 0.3) is 0 Å². The van der Waals surface area contributed by atoms with Crippen LogP contribution in [-0.4, -0.2) is 60.9 Å². The predicted molar refractivity (Wildman–Crippen MR) is 69.1 cm³/mol. The molecule has 1 aliphatic heterocycles. The van der Waals surface area contributed by atoms with Gasteiger partial charge in [-0.05, 0) is 19.9 Å². The van der Waals surface area contributed by atoms with Crippen molar-refractivity contribution in [2.45, 2.75) is 44.2 Å². The van der Waals surface area contributed by atoms with Crippen molar-refractivity contribution in [2.75, 3.05) is 27.2 Å². The molecule has 2 amide bonds. The quantitative estimate of drug-likeness (QED) is 0.712. The highest BCUT2D eigenvalue weighted by molar-refractivity contribution is 6.05. The van der Waals surface area contributed by atoms with Crippen LogP contribution in [0.5, 0.6) is 0 Å². The van der Waals surface area contributed by atoms with Gasteiger partial charge in [-0.2, -0.15) is 0 Å². The summed E-state index contributed by atoms with van der Waals surface area (Å²) >= 11 is 0. The molecule has 0 aromatic rings. The number of carbonyl (C=O) groups excluding carboxylic acids is 2. The molecule has 1 saturated carbocycles. The third-order valence-corrected chi connectivity index (χ3v) is 4.18. The van der Waals surface area contributed by atoms with Crippen molar-refractivity contribution < 1.29 is 9.59 Å². The molecule has 2 aliphatic rings. The number of rotatable bonds is 5. The fourth-order valence-electron chi connectivity index (χ4n) is 2.86. The molecule has 5 nitrogen and oxygen atoms in total. The number of nitrogens with zero attached hydrogens (tertiary/aromatic N) is 2. The summed E-state index contributed by atoms with van der Waals surface area (Å²) in [4.78, 5) is 26.6. The summed E-state index contributed by atoms with van der Waals surface area (Å²) in [7, 11) is 3.70. The van der Waals surface area contributed by atoms with Gasteiger partial charge in [-0.25, -0.2) is 0 Å². The Hall–Kier alpha value is -0.940. The zero-order valence-electron chi connectivity index (χ0n) is 11.3. The zero-order chi connectivity index (χ0) is 13.1. The van der Waals surface area contributed by atoms with Gasteiger partial charge in [0.05, 0.1) is 12.5 Å². The number of hydrogen-bond donors (Lipinski definition) is 1. The maximum Gasteiger partial charge on any atom is 0.246 e. The van der Waals surface area contributed by atoms with Gasteiger partial charge < -0.3 is 10.2 Å². The lowest BCUT2D eigenvalue weighted by atomic mass is 10.2. The molecule has 0 aromatic carbocycles. The SMILES string of the molecule is CN1C(=O)CC(NCCN(C)C2CCCC2)C1=O. The highest BCUT2D eigenvalue weighted by Gasteiger charge is 2.35. The van der Waals surface area contributed by atoms with Crippen LogP contribution in [0.2, 0.25) is 0 Å². The number of amides is 2. The summed E-state index contributed by atoms with van der Waals surface area (Å²) in [6, 6.07) is 0.398. The molecule has 0 aromatic heterocycles. The number of hydrogen-bond acceptors (Lipinski definition) is 4. The van der Waals surface area contributed by atoms with E-state index in [1.54, 1.807) is 7.05 Å². The second-order valence-electron chi connectivity index (χ2n) is 5.42. The van der Waals surface area contributed by atoms with Crippen LogP contribution >= 0.6 is 0 Å². The Bertz CT molecular complexity index is 326. The summed E-state index contributed by atoms with van der Waals surface area (Å²) < 4.78 is 0. The molecule has 5 heteroatoms. The molecule has 1 heterocycles. The van der Waals surface area contributed by atoms with Crippen LogP contribution in [0.25, 0.3) is 0 Å². The first-order chi connectivity index (χ1) is 8.59. The molecule has 1 atom stereocenters. The van der Waals surface area contributed by atoms with Gasteiger partial charge >= 0.3 is 0 Å². The van der Waals surface area contributed by atoms with E-state index in [0.717, 1.165) is 13.1 Å². The van der Waals surface area contributed by atoms with Crippen molar-refractivity contribution in [3.63, 3.8) is 0 Å². The molecular weight excluding hydrogens is 230 g/mol. The number of imide groups is 1. The summed E-state index contributed by atoms with van der Waals surface area (Å²) in [5, 5.41) is 3.19. The van der Waals surface area contributed by atoms with Crippen LogP contribution in [0.4, 0.5) is 0 Å². The van der Waals surface area contributed by atoms with Crippen molar-refractivity contribution in [1.29, 1.82) is 0 Å². The maximum atomic E-state index is 11.7. The van der Waals surface area contributed by atoms with Crippen LogP contribution in [0.1, 0.15) is 32.1 Å². The second-order valence-corrected chi connectivity index (χ2v) is 5.42. The van der Waals surface area contributed by atoms with Crippen molar-refractivity contribution in [3.05, 3.63) is 0 Å². The van der Waals surface area contributed by atoms with Crippen LogP contribution in [-0.2, 0) is 9.59 Å². The molecule has 0 bridgehead atoms. The van der Waals surface area contributed by atoms with E-state index in [1.165, 1.54) is 30.6 Å². The topological polar surface area (TPSA) is 52.7 Å². The van der Waals surface area contributed by atoms with E-state index in [9.17, 15) is 9.59 Å². The largest absolute Gasteiger partial charge is 0.304 e. The van der Waals surface area contributed by atoms with Crippen LogP contribution in [0.3, 0.4) is 0 Å². The van der Waals surface area contributed by atoms with Gasteiger partial charge in [0.2, 0.25) is 11.8 Å². The van der Waals surface area contributed by atoms with Crippen molar-refractivity contribution in [1.82, 2.24) is 15.1 Å². The average molecular weight is 253 g/mol. The lowest BCUT2D eigenvalue weighted by Gasteiger charge is -2.24. The smallest absolute Gasteiger partial charge is 0.246 e. The van der Waals surface area contributed by atoms with E-state index < -0.39 is 0 Å². The number of nitrogens with one attached hydrogen (secondary N) is 1. The van der Waals surface area contributed by atoms with E-state index in [2.05, 4.69) is 17.3 Å². The Kier molecular flexibility index (Phi) is 4.35. The second kappa shape index (κ2) is 5.80. The Morgan fingerprint density at radius 2 is 2.00 bits per heavy atom. The molecule has 1 N–H and O–H groups in total. The molecule has 2 rings (SSSR count). The van der Waals surface area contributed by atoms with Gasteiger partial charge in [0.1, 0.15) is 0 Å². The van der Waals surface area contributed by atoms with Gasteiger partial charge in [0.15, 0.2) is 0 Å². The third-order valence-electron chi connectivity index (χ3n) is 4.18. The molecular formula is C13H23N3O2. The van der Waals surface area contributed by atoms with E-state index in [4.69, 9.17) is 0 Å². The Morgan fingerprint density at radius 1 is 1.33 bits per heavy atom. The van der Waals surface area contributed by atoms with Gasteiger partial charge in [-0.15, -0.1) is 0 Å². The lowest BCUT2D eigenvalue weighted by molar-refractivity contribution is -0.137. The minimum Gasteiger partial charge on any atom is -0.304 e. The molecule has 0 radical (unpaired) electrons. The van der Waals surface area contributed by atoms with E-state index in [-0.39, 0.29) is 17.9 Å². The fraction of sp³-hybridized carbons (Fsp3) is 0.846. The van der Waals surface area contributed by atoms with Gasteiger partial charge in [0, 0.05) is 26.2 Å². The highest BCUT2D eigenvalue weighted by Crippen LogP contribution is 2.21. The lowest BCUT2D eigenvalue weighted by Crippen LogP contribution is -2.42. The van der Waals surface area contributed by atoms with Crippen LogP contribution < -0.4 is 5.32 Å².